The Morgan fingerprint density at radius 3 is 2.08 bits per heavy atom. The van der Waals surface area contributed by atoms with Crippen LogP contribution < -0.4 is 5.09 Å². The number of alkyl halides is 3. The molecule has 0 saturated heterocycles. The highest BCUT2D eigenvalue weighted by Crippen LogP contribution is 2.65. The number of halogens is 4. The summed E-state index contributed by atoms with van der Waals surface area (Å²) in [6.07, 6.45) is 0. The van der Waals surface area contributed by atoms with E-state index in [2.05, 4.69) is 5.09 Å². The molecule has 0 fully saturated rings. The van der Waals surface area contributed by atoms with Gasteiger partial charge in [0.25, 0.3) is 10.2 Å². The van der Waals surface area contributed by atoms with Crippen LogP contribution in [0.15, 0.2) is 0 Å². The second-order valence-corrected chi connectivity index (χ2v) is 9.31. The number of hydrogen-bond acceptors (Lipinski definition) is 1. The van der Waals surface area contributed by atoms with E-state index in [4.69, 9.17) is 46.0 Å². The molecule has 0 aromatic heterocycles. The molecule has 0 bridgehead atoms. The molecular formula is C5H10Cl4NOP. The summed E-state index contributed by atoms with van der Waals surface area (Å²) in [6, 6.07) is 0. The molecular weight excluding hydrogens is 263 g/mol. The van der Waals surface area contributed by atoms with Crippen LogP contribution in [-0.2, 0) is 4.57 Å². The Bertz CT molecular complexity index is 190. The maximum Gasteiger partial charge on any atom is 0.282 e. The molecule has 0 saturated carbocycles. The minimum Gasteiger partial charge on any atom is -0.285 e. The van der Waals surface area contributed by atoms with Gasteiger partial charge < -0.3 is 0 Å². The van der Waals surface area contributed by atoms with Gasteiger partial charge in [0.2, 0.25) is 0 Å². The van der Waals surface area contributed by atoms with Crippen molar-refractivity contribution < 1.29 is 4.57 Å². The van der Waals surface area contributed by atoms with E-state index in [-0.39, 0.29) is 0 Å². The van der Waals surface area contributed by atoms with Crippen molar-refractivity contribution in [1.82, 2.24) is 5.09 Å². The lowest BCUT2D eigenvalue weighted by molar-refractivity contribution is 0.560. The summed E-state index contributed by atoms with van der Waals surface area (Å²) in [5.41, 5.74) is 0. The summed E-state index contributed by atoms with van der Waals surface area (Å²) < 4.78 is 9.46. The summed E-state index contributed by atoms with van der Waals surface area (Å²) in [7, 11) is 0. The van der Waals surface area contributed by atoms with Crippen molar-refractivity contribution in [3.05, 3.63) is 0 Å². The first-order valence-corrected chi connectivity index (χ1v) is 7.03. The number of hydrogen-bond donors (Lipinski definition) is 1. The fourth-order valence-corrected chi connectivity index (χ4v) is 1.91. The Hall–Kier alpha value is 1.35. The molecule has 1 N–H and O–H groups in total. The van der Waals surface area contributed by atoms with Crippen molar-refractivity contribution >= 4 is 52.7 Å². The zero-order valence-electron chi connectivity index (χ0n) is 6.65. The molecule has 0 heterocycles. The molecule has 0 radical (unpaired) electrons. The Balaban J connectivity index is 4.16. The van der Waals surface area contributed by atoms with Gasteiger partial charge in [-0.25, -0.2) is 0 Å². The van der Waals surface area contributed by atoms with Crippen molar-refractivity contribution in [2.45, 2.75) is 17.4 Å². The second-order valence-electron chi connectivity index (χ2n) is 2.76. The zero-order chi connectivity index (χ0) is 9.99. The quantitative estimate of drug-likeness (QED) is 0.622. The van der Waals surface area contributed by atoms with Crippen LogP contribution in [0.5, 0.6) is 0 Å². The molecule has 0 aliphatic heterocycles. The zero-order valence-corrected chi connectivity index (χ0v) is 10.6. The molecule has 0 aromatic carbocycles. The predicted molar refractivity (Wildman–Crippen MR) is 56.6 cm³/mol. The first-order valence-electron chi connectivity index (χ1n) is 3.28. The van der Waals surface area contributed by atoms with Gasteiger partial charge in [0, 0.05) is 6.54 Å². The maximum absolute atomic E-state index is 11.4. The van der Waals surface area contributed by atoms with Crippen molar-refractivity contribution in [3.8, 4) is 0 Å². The molecule has 0 aliphatic rings. The van der Waals surface area contributed by atoms with Crippen LogP contribution in [0, 0.1) is 5.92 Å². The summed E-state index contributed by atoms with van der Waals surface area (Å²) in [5, 5.41) is 2.52. The molecule has 1 atom stereocenters. The molecule has 74 valence electrons. The lowest BCUT2D eigenvalue weighted by Crippen LogP contribution is -2.20. The van der Waals surface area contributed by atoms with Gasteiger partial charge in [-0.2, -0.15) is 0 Å². The van der Waals surface area contributed by atoms with Crippen LogP contribution in [0.1, 0.15) is 13.8 Å². The van der Waals surface area contributed by atoms with Crippen molar-refractivity contribution in [2.24, 2.45) is 5.92 Å². The SMILES string of the molecule is CC(C)CNP(=O)(Cl)C(Cl)(Cl)Cl. The van der Waals surface area contributed by atoms with E-state index in [1.165, 1.54) is 0 Å². The van der Waals surface area contributed by atoms with E-state index in [1.807, 2.05) is 13.8 Å². The summed E-state index contributed by atoms with van der Waals surface area (Å²) in [6.45, 7) is 0.907. The van der Waals surface area contributed by atoms with E-state index >= 15 is 0 Å². The molecule has 0 aliphatic carbocycles. The normalized spacial score (nSPS) is 17.9. The lowest BCUT2D eigenvalue weighted by Gasteiger charge is -2.20. The second kappa shape index (κ2) is 4.72. The van der Waals surface area contributed by atoms with E-state index in [1.54, 1.807) is 0 Å². The van der Waals surface area contributed by atoms with Gasteiger partial charge in [-0.05, 0) is 17.2 Å². The van der Waals surface area contributed by atoms with Gasteiger partial charge in [-0.3, -0.25) is 9.65 Å². The molecule has 2 nitrogen and oxygen atoms in total. The number of rotatable bonds is 3. The van der Waals surface area contributed by atoms with E-state index in [0.717, 1.165) is 0 Å². The highest BCUT2D eigenvalue weighted by Gasteiger charge is 2.42. The predicted octanol–water partition coefficient (Wildman–Crippen LogP) is 3.99. The van der Waals surface area contributed by atoms with E-state index in [0.29, 0.717) is 12.5 Å². The molecule has 12 heavy (non-hydrogen) atoms. The largest absolute Gasteiger partial charge is 0.285 e. The van der Waals surface area contributed by atoms with Gasteiger partial charge in [-0.1, -0.05) is 48.7 Å². The van der Waals surface area contributed by atoms with Gasteiger partial charge in [0.1, 0.15) is 0 Å². The van der Waals surface area contributed by atoms with Gasteiger partial charge in [0.05, 0.1) is 0 Å². The highest BCUT2D eigenvalue weighted by molar-refractivity contribution is 7.92. The Morgan fingerprint density at radius 2 is 1.83 bits per heavy atom. The maximum atomic E-state index is 11.4. The molecule has 7 heteroatoms. The molecule has 0 spiro atoms. The van der Waals surface area contributed by atoms with Crippen LogP contribution in [0.25, 0.3) is 0 Å². The summed E-state index contributed by atoms with van der Waals surface area (Å²) in [4.78, 5) is 0. The topological polar surface area (TPSA) is 29.1 Å². The lowest BCUT2D eigenvalue weighted by atomic mass is 10.2. The number of nitrogens with one attached hydrogen (secondary N) is 1. The van der Waals surface area contributed by atoms with E-state index < -0.39 is 10.2 Å². The molecule has 0 amide bonds. The fourth-order valence-electron chi connectivity index (χ4n) is 0.390. The molecule has 1 unspecified atom stereocenters. The Kier molecular flexibility index (Phi) is 5.26. The average molecular weight is 273 g/mol. The fraction of sp³-hybridized carbons (Fsp3) is 1.00. The minimum absolute atomic E-state index is 0.296. The third kappa shape index (κ3) is 4.55. The molecule has 0 rings (SSSR count). The first-order chi connectivity index (χ1) is 5.17. The van der Waals surface area contributed by atoms with Gasteiger partial charge in [-0.15, -0.1) is 0 Å². The smallest absolute Gasteiger partial charge is 0.282 e. The van der Waals surface area contributed by atoms with Crippen LogP contribution >= 0.6 is 52.7 Å². The first kappa shape index (κ1) is 13.4. The van der Waals surface area contributed by atoms with Gasteiger partial charge in [0.15, 0.2) is 0 Å². The summed E-state index contributed by atoms with van der Waals surface area (Å²) >= 11 is 21.6. The highest BCUT2D eigenvalue weighted by atomic mass is 35.7. The standard InChI is InChI=1S/C5H10Cl4NOP/c1-4(2)3-10-12(9,11)5(6,7)8/h4H,3H2,1-2H3,(H,10,11). The third-order valence-electron chi connectivity index (χ3n) is 1.03. The monoisotopic (exact) mass is 271 g/mol. The van der Waals surface area contributed by atoms with Crippen LogP contribution in [0.2, 0.25) is 0 Å². The Morgan fingerprint density at radius 1 is 1.42 bits per heavy atom. The summed E-state index contributed by atoms with van der Waals surface area (Å²) in [5.74, 6) is 0.296. The van der Waals surface area contributed by atoms with E-state index in [9.17, 15) is 4.57 Å². The van der Waals surface area contributed by atoms with Crippen LogP contribution in [-0.4, -0.2) is 10.1 Å². The van der Waals surface area contributed by atoms with Crippen LogP contribution in [0.4, 0.5) is 0 Å². The average Bonchev–Trinajstić information content (AvgIpc) is 1.81. The third-order valence-corrected chi connectivity index (χ3v) is 6.31. The van der Waals surface area contributed by atoms with Gasteiger partial charge >= 0.3 is 0 Å². The van der Waals surface area contributed by atoms with Crippen molar-refractivity contribution in [1.29, 1.82) is 0 Å². The van der Waals surface area contributed by atoms with Crippen molar-refractivity contribution in [3.63, 3.8) is 0 Å². The Labute approximate surface area is 92.1 Å². The minimum atomic E-state index is -3.41. The van der Waals surface area contributed by atoms with Crippen molar-refractivity contribution in [2.75, 3.05) is 6.54 Å². The molecule has 0 aromatic rings. The van der Waals surface area contributed by atoms with Crippen LogP contribution in [0.3, 0.4) is 0 Å².